The molecular formula is C22H34N4O. The topological polar surface area (TPSA) is 65.5 Å². The van der Waals surface area contributed by atoms with E-state index in [0.29, 0.717) is 12.1 Å². The largest absolute Gasteiger partial charge is 0.356 e. The monoisotopic (exact) mass is 370 g/mol. The standard InChI is InChI=1S/C22H34N4O/c1-4-17(2)26-21(27)20-12-8-11-19(15-20)16-25-22(23-3)24-14-13-18-9-6-5-7-10-18/h8-9,11-12,15,17H,4-7,10,13-14,16H2,1-3H3,(H,26,27)(H2,23,24,25). The molecule has 1 aromatic carbocycles. The number of aliphatic imine (C=N–C) groups is 1. The summed E-state index contributed by atoms with van der Waals surface area (Å²) >= 11 is 0. The molecule has 0 saturated heterocycles. The van der Waals surface area contributed by atoms with Gasteiger partial charge in [0.2, 0.25) is 0 Å². The molecule has 2 rings (SSSR count). The third-order valence-electron chi connectivity index (χ3n) is 4.99. The van der Waals surface area contributed by atoms with Gasteiger partial charge in [0.05, 0.1) is 0 Å². The lowest BCUT2D eigenvalue weighted by molar-refractivity contribution is 0.0939. The number of carbonyl (C=O) groups is 1. The number of amides is 1. The predicted octanol–water partition coefficient (Wildman–Crippen LogP) is 3.77. The van der Waals surface area contributed by atoms with Crippen molar-refractivity contribution in [2.24, 2.45) is 4.99 Å². The van der Waals surface area contributed by atoms with E-state index in [9.17, 15) is 4.79 Å². The highest BCUT2D eigenvalue weighted by atomic mass is 16.1. The van der Waals surface area contributed by atoms with Gasteiger partial charge in [-0.1, -0.05) is 30.7 Å². The quantitative estimate of drug-likeness (QED) is 0.371. The summed E-state index contributed by atoms with van der Waals surface area (Å²) in [6, 6.07) is 7.92. The van der Waals surface area contributed by atoms with Crippen molar-refractivity contribution in [3.05, 3.63) is 47.0 Å². The van der Waals surface area contributed by atoms with E-state index < -0.39 is 0 Å². The lowest BCUT2D eigenvalue weighted by Gasteiger charge is -2.15. The summed E-state index contributed by atoms with van der Waals surface area (Å²) in [4.78, 5) is 16.6. The average Bonchev–Trinajstić information content (AvgIpc) is 2.71. The normalized spacial score (nSPS) is 15.7. The highest BCUT2D eigenvalue weighted by molar-refractivity contribution is 5.94. The van der Waals surface area contributed by atoms with Gasteiger partial charge in [-0.25, -0.2) is 0 Å². The van der Waals surface area contributed by atoms with Crippen molar-refractivity contribution in [3.63, 3.8) is 0 Å². The van der Waals surface area contributed by atoms with Crippen LogP contribution in [-0.4, -0.2) is 31.5 Å². The van der Waals surface area contributed by atoms with Crippen LogP contribution in [0.4, 0.5) is 0 Å². The van der Waals surface area contributed by atoms with Crippen molar-refractivity contribution in [2.45, 2.75) is 65.0 Å². The first-order valence-corrected chi connectivity index (χ1v) is 10.1. The van der Waals surface area contributed by atoms with Crippen LogP contribution in [0.2, 0.25) is 0 Å². The van der Waals surface area contributed by atoms with E-state index in [0.717, 1.165) is 30.9 Å². The summed E-state index contributed by atoms with van der Waals surface area (Å²) < 4.78 is 0. The highest BCUT2D eigenvalue weighted by Gasteiger charge is 2.09. The first-order chi connectivity index (χ1) is 13.1. The van der Waals surface area contributed by atoms with Crippen molar-refractivity contribution in [2.75, 3.05) is 13.6 Å². The van der Waals surface area contributed by atoms with Crippen molar-refractivity contribution in [1.82, 2.24) is 16.0 Å². The molecule has 1 aliphatic rings. The van der Waals surface area contributed by atoms with Crippen molar-refractivity contribution in [1.29, 1.82) is 0 Å². The fourth-order valence-corrected chi connectivity index (χ4v) is 3.11. The van der Waals surface area contributed by atoms with E-state index in [2.05, 4.69) is 33.9 Å². The highest BCUT2D eigenvalue weighted by Crippen LogP contribution is 2.19. The SMILES string of the molecule is CCC(C)NC(=O)c1cccc(CNC(=NC)NCCC2=CCCCC2)c1. The summed E-state index contributed by atoms with van der Waals surface area (Å²) in [5, 5.41) is 9.71. The zero-order chi connectivity index (χ0) is 19.5. The van der Waals surface area contributed by atoms with E-state index in [1.165, 1.54) is 25.7 Å². The smallest absolute Gasteiger partial charge is 0.251 e. The Morgan fingerprint density at radius 1 is 1.26 bits per heavy atom. The average molecular weight is 371 g/mol. The van der Waals surface area contributed by atoms with Gasteiger partial charge in [0.25, 0.3) is 5.91 Å². The fourth-order valence-electron chi connectivity index (χ4n) is 3.11. The summed E-state index contributed by atoms with van der Waals surface area (Å²) in [5.41, 5.74) is 3.32. The molecule has 0 radical (unpaired) electrons. The van der Waals surface area contributed by atoms with Crippen LogP contribution in [0.3, 0.4) is 0 Å². The van der Waals surface area contributed by atoms with Crippen LogP contribution in [-0.2, 0) is 6.54 Å². The lowest BCUT2D eigenvalue weighted by atomic mass is 9.97. The Hall–Kier alpha value is -2.30. The number of hydrogen-bond donors (Lipinski definition) is 3. The molecule has 148 valence electrons. The molecule has 1 aliphatic carbocycles. The van der Waals surface area contributed by atoms with Crippen LogP contribution in [0.5, 0.6) is 0 Å². The number of allylic oxidation sites excluding steroid dienone is 1. The minimum Gasteiger partial charge on any atom is -0.356 e. The molecule has 0 aromatic heterocycles. The van der Waals surface area contributed by atoms with Gasteiger partial charge in [0.1, 0.15) is 0 Å². The van der Waals surface area contributed by atoms with E-state index in [-0.39, 0.29) is 11.9 Å². The van der Waals surface area contributed by atoms with Crippen molar-refractivity contribution >= 4 is 11.9 Å². The molecule has 0 aliphatic heterocycles. The van der Waals surface area contributed by atoms with Crippen LogP contribution < -0.4 is 16.0 Å². The van der Waals surface area contributed by atoms with Gasteiger partial charge in [-0.3, -0.25) is 9.79 Å². The first kappa shape index (κ1) is 21.0. The maximum Gasteiger partial charge on any atom is 0.251 e. The molecule has 27 heavy (non-hydrogen) atoms. The first-order valence-electron chi connectivity index (χ1n) is 10.1. The van der Waals surface area contributed by atoms with Gasteiger partial charge in [-0.2, -0.15) is 0 Å². The fraction of sp³-hybridized carbons (Fsp3) is 0.545. The third kappa shape index (κ3) is 7.45. The maximum absolute atomic E-state index is 12.3. The second-order valence-corrected chi connectivity index (χ2v) is 7.19. The van der Waals surface area contributed by atoms with E-state index in [1.54, 1.807) is 12.6 Å². The number of nitrogens with one attached hydrogen (secondary N) is 3. The number of nitrogens with zero attached hydrogens (tertiary/aromatic N) is 1. The summed E-state index contributed by atoms with van der Waals surface area (Å²) in [7, 11) is 1.78. The minimum atomic E-state index is -0.0190. The Morgan fingerprint density at radius 3 is 2.81 bits per heavy atom. The Kier molecular flexibility index (Phi) is 8.89. The van der Waals surface area contributed by atoms with E-state index in [4.69, 9.17) is 0 Å². The van der Waals surface area contributed by atoms with Crippen LogP contribution in [0.25, 0.3) is 0 Å². The molecule has 0 spiro atoms. The molecule has 1 aromatic rings. The van der Waals surface area contributed by atoms with E-state index in [1.807, 2.05) is 31.2 Å². The molecule has 1 amide bonds. The summed E-state index contributed by atoms with van der Waals surface area (Å²) in [6.45, 7) is 5.60. The van der Waals surface area contributed by atoms with Gasteiger partial charge in [0, 0.05) is 31.7 Å². The number of guanidine groups is 1. The van der Waals surface area contributed by atoms with Gasteiger partial charge < -0.3 is 16.0 Å². The second kappa shape index (κ2) is 11.4. The molecular weight excluding hydrogens is 336 g/mol. The van der Waals surface area contributed by atoms with Crippen LogP contribution in [0.15, 0.2) is 40.9 Å². The minimum absolute atomic E-state index is 0.0190. The van der Waals surface area contributed by atoms with Gasteiger partial charge >= 0.3 is 0 Å². The Labute approximate surface area is 163 Å². The zero-order valence-electron chi connectivity index (χ0n) is 17.0. The van der Waals surface area contributed by atoms with Crippen molar-refractivity contribution < 1.29 is 4.79 Å². The Bertz CT molecular complexity index is 666. The molecule has 1 atom stereocenters. The van der Waals surface area contributed by atoms with Crippen LogP contribution >= 0.6 is 0 Å². The van der Waals surface area contributed by atoms with Gasteiger partial charge in [-0.15, -0.1) is 0 Å². The summed E-state index contributed by atoms with van der Waals surface area (Å²) in [5.74, 6) is 0.773. The van der Waals surface area contributed by atoms with Crippen LogP contribution in [0, 0.1) is 0 Å². The molecule has 0 bridgehead atoms. The Morgan fingerprint density at radius 2 is 2.11 bits per heavy atom. The second-order valence-electron chi connectivity index (χ2n) is 7.19. The lowest BCUT2D eigenvalue weighted by Crippen LogP contribution is -2.37. The molecule has 0 fully saturated rings. The molecule has 5 nitrogen and oxygen atoms in total. The molecule has 0 heterocycles. The number of benzene rings is 1. The van der Waals surface area contributed by atoms with Crippen molar-refractivity contribution in [3.8, 4) is 0 Å². The Balaban J connectivity index is 1.80. The molecule has 0 saturated carbocycles. The number of hydrogen-bond acceptors (Lipinski definition) is 2. The van der Waals surface area contributed by atoms with Gasteiger partial charge in [0.15, 0.2) is 5.96 Å². The maximum atomic E-state index is 12.3. The van der Waals surface area contributed by atoms with Gasteiger partial charge in [-0.05, 0) is 63.1 Å². The number of carbonyl (C=O) groups excluding carboxylic acids is 1. The number of rotatable bonds is 8. The van der Waals surface area contributed by atoms with Crippen LogP contribution in [0.1, 0.15) is 68.3 Å². The molecule has 5 heteroatoms. The zero-order valence-corrected chi connectivity index (χ0v) is 17.0. The third-order valence-corrected chi connectivity index (χ3v) is 4.99. The molecule has 1 unspecified atom stereocenters. The molecule has 3 N–H and O–H groups in total. The van der Waals surface area contributed by atoms with E-state index >= 15 is 0 Å². The predicted molar refractivity (Wildman–Crippen MR) is 113 cm³/mol. The summed E-state index contributed by atoms with van der Waals surface area (Å²) in [6.07, 6.45) is 9.49.